The van der Waals surface area contributed by atoms with E-state index in [9.17, 15) is 14.7 Å². The molecule has 0 spiro atoms. The molecule has 5 N–H and O–H groups in total. The SMILES string of the molecule is C=C(C=O)CN.C=C(CN)C(=O)OCC(CO)C1CCC(CCC2CCC(c3ccc(CCCCC)cc3)CC2)CC1. The van der Waals surface area contributed by atoms with Crippen LogP contribution in [0.1, 0.15) is 107 Å². The number of nitrogens with two attached hydrogens (primary N) is 2. The van der Waals surface area contributed by atoms with Gasteiger partial charge in [-0.05, 0) is 91.7 Å². The van der Waals surface area contributed by atoms with Gasteiger partial charge >= 0.3 is 5.97 Å². The van der Waals surface area contributed by atoms with Crippen molar-refractivity contribution in [3.8, 4) is 0 Å². The van der Waals surface area contributed by atoms with E-state index in [1.807, 2.05) is 0 Å². The van der Waals surface area contributed by atoms with Gasteiger partial charge in [0.1, 0.15) is 6.29 Å². The Hall–Kier alpha value is -2.28. The predicted octanol–water partition coefficient (Wildman–Crippen LogP) is 6.65. The first-order chi connectivity index (χ1) is 20.3. The Bertz CT molecular complexity index is 928. The summed E-state index contributed by atoms with van der Waals surface area (Å²) in [5.74, 6) is 2.51. The van der Waals surface area contributed by atoms with E-state index >= 15 is 0 Å². The zero-order valence-corrected chi connectivity index (χ0v) is 26.2. The van der Waals surface area contributed by atoms with Gasteiger partial charge in [0.15, 0.2) is 0 Å². The van der Waals surface area contributed by atoms with Crippen molar-refractivity contribution >= 4 is 12.3 Å². The van der Waals surface area contributed by atoms with Crippen molar-refractivity contribution in [2.75, 3.05) is 26.3 Å². The summed E-state index contributed by atoms with van der Waals surface area (Å²) >= 11 is 0. The maximum atomic E-state index is 11.8. The molecule has 0 saturated heterocycles. The van der Waals surface area contributed by atoms with Crippen LogP contribution in [-0.4, -0.2) is 43.7 Å². The highest BCUT2D eigenvalue weighted by atomic mass is 16.5. The molecular formula is C36H58N2O4. The van der Waals surface area contributed by atoms with E-state index in [1.54, 1.807) is 5.56 Å². The molecule has 2 fully saturated rings. The summed E-state index contributed by atoms with van der Waals surface area (Å²) in [5.41, 5.74) is 14.2. The minimum absolute atomic E-state index is 0.0289. The van der Waals surface area contributed by atoms with Gasteiger partial charge in [0.2, 0.25) is 0 Å². The summed E-state index contributed by atoms with van der Waals surface area (Å²) in [7, 11) is 0. The highest BCUT2D eigenvalue weighted by Gasteiger charge is 2.29. The van der Waals surface area contributed by atoms with Crippen molar-refractivity contribution in [1.82, 2.24) is 0 Å². The average Bonchev–Trinajstić information content (AvgIpc) is 3.04. The highest BCUT2D eigenvalue weighted by Crippen LogP contribution is 2.40. The van der Waals surface area contributed by atoms with E-state index in [0.29, 0.717) is 23.4 Å². The van der Waals surface area contributed by atoms with Crippen molar-refractivity contribution in [2.45, 2.75) is 103 Å². The molecule has 2 aliphatic carbocycles. The number of carbonyl (C=O) groups is 2. The molecule has 6 nitrogen and oxygen atoms in total. The third kappa shape index (κ3) is 12.9. The molecule has 0 radical (unpaired) electrons. The largest absolute Gasteiger partial charge is 0.462 e. The molecule has 236 valence electrons. The number of aliphatic hydroxyl groups excluding tert-OH is 1. The Kier molecular flexibility index (Phi) is 17.6. The zero-order valence-electron chi connectivity index (χ0n) is 26.2. The van der Waals surface area contributed by atoms with E-state index in [-0.39, 0.29) is 32.2 Å². The molecule has 42 heavy (non-hydrogen) atoms. The minimum atomic E-state index is -0.432. The van der Waals surface area contributed by atoms with Gasteiger partial charge in [-0.15, -0.1) is 0 Å². The van der Waals surface area contributed by atoms with Crippen molar-refractivity contribution in [3.05, 3.63) is 59.7 Å². The first kappa shape index (κ1) is 35.9. The van der Waals surface area contributed by atoms with Crippen LogP contribution in [0.2, 0.25) is 0 Å². The van der Waals surface area contributed by atoms with Crippen LogP contribution in [0, 0.1) is 23.7 Å². The van der Waals surface area contributed by atoms with Gasteiger partial charge in [-0.2, -0.15) is 0 Å². The van der Waals surface area contributed by atoms with Crippen LogP contribution >= 0.6 is 0 Å². The van der Waals surface area contributed by atoms with Crippen LogP contribution in [0.25, 0.3) is 0 Å². The molecule has 0 heterocycles. The molecule has 0 bridgehead atoms. The summed E-state index contributed by atoms with van der Waals surface area (Å²) in [6, 6.07) is 9.55. The summed E-state index contributed by atoms with van der Waals surface area (Å²) in [5, 5.41) is 9.85. The molecule has 1 unspecified atom stereocenters. The van der Waals surface area contributed by atoms with Crippen LogP contribution in [-0.2, 0) is 20.7 Å². The monoisotopic (exact) mass is 582 g/mol. The standard InChI is InChI=1S/C32H51NO3.C4H7NO/c1-3-4-5-6-25-9-15-28(16-10-25)29-17-11-26(12-18-29)7-8-27-13-19-30(20-14-27)31(22-34)23-36-32(35)24(2)21-33;1-4(2-5)3-6/h9-10,15-16,26-27,29-31,34H,2-8,11-14,17-23,33H2,1H3;3H,1-2,5H2. The average molecular weight is 583 g/mol. The second-order valence-electron chi connectivity index (χ2n) is 12.6. The van der Waals surface area contributed by atoms with Crippen LogP contribution in [0.3, 0.4) is 0 Å². The third-order valence-corrected chi connectivity index (χ3v) is 9.54. The van der Waals surface area contributed by atoms with Gasteiger partial charge in [0.05, 0.1) is 6.61 Å². The zero-order chi connectivity index (χ0) is 30.7. The van der Waals surface area contributed by atoms with Gasteiger partial charge < -0.3 is 21.3 Å². The first-order valence-electron chi connectivity index (χ1n) is 16.4. The summed E-state index contributed by atoms with van der Waals surface area (Å²) in [4.78, 5) is 21.4. The quantitative estimate of drug-likeness (QED) is 0.0870. The van der Waals surface area contributed by atoms with Crippen molar-refractivity contribution in [3.63, 3.8) is 0 Å². The van der Waals surface area contributed by atoms with Gasteiger partial charge in [0.25, 0.3) is 0 Å². The lowest BCUT2D eigenvalue weighted by Gasteiger charge is -2.34. The molecule has 1 aromatic rings. The fourth-order valence-corrected chi connectivity index (χ4v) is 6.49. The van der Waals surface area contributed by atoms with Crippen LogP contribution in [0.5, 0.6) is 0 Å². The summed E-state index contributed by atoms with van der Waals surface area (Å²) in [6.07, 6.45) is 18.7. The molecule has 0 amide bonds. The number of rotatable bonds is 16. The van der Waals surface area contributed by atoms with Crippen molar-refractivity contribution in [2.24, 2.45) is 35.1 Å². The molecule has 1 atom stereocenters. The number of ether oxygens (including phenoxy) is 1. The maximum absolute atomic E-state index is 11.8. The second kappa shape index (κ2) is 20.6. The third-order valence-electron chi connectivity index (χ3n) is 9.54. The predicted molar refractivity (Wildman–Crippen MR) is 173 cm³/mol. The van der Waals surface area contributed by atoms with E-state index in [0.717, 1.165) is 30.6 Å². The fraction of sp³-hybridized carbons (Fsp3) is 0.667. The van der Waals surface area contributed by atoms with Crippen molar-refractivity contribution < 1.29 is 19.4 Å². The molecule has 6 heteroatoms. The summed E-state index contributed by atoms with van der Waals surface area (Å²) < 4.78 is 5.34. The fourth-order valence-electron chi connectivity index (χ4n) is 6.49. The van der Waals surface area contributed by atoms with Gasteiger partial charge in [-0.3, -0.25) is 4.79 Å². The van der Waals surface area contributed by atoms with E-state index in [2.05, 4.69) is 44.3 Å². The molecular weight excluding hydrogens is 524 g/mol. The van der Waals surface area contributed by atoms with Gasteiger partial charge in [-0.25, -0.2) is 4.79 Å². The minimum Gasteiger partial charge on any atom is -0.462 e. The Morgan fingerprint density at radius 2 is 1.55 bits per heavy atom. The molecule has 2 aliphatic rings. The molecule has 2 saturated carbocycles. The first-order valence-corrected chi connectivity index (χ1v) is 16.4. The number of hydrogen-bond donors (Lipinski definition) is 3. The lowest BCUT2D eigenvalue weighted by Crippen LogP contribution is -2.29. The number of carbonyl (C=O) groups excluding carboxylic acids is 2. The molecule has 0 aliphatic heterocycles. The molecule has 3 rings (SSSR count). The number of aldehydes is 1. The smallest absolute Gasteiger partial charge is 0.334 e. The van der Waals surface area contributed by atoms with E-state index in [1.165, 1.54) is 82.6 Å². The van der Waals surface area contributed by atoms with Gasteiger partial charge in [0, 0.05) is 31.2 Å². The number of esters is 1. The number of benzene rings is 1. The number of aliphatic hydroxyl groups is 1. The van der Waals surface area contributed by atoms with Crippen LogP contribution in [0.15, 0.2) is 48.6 Å². The van der Waals surface area contributed by atoms with Crippen LogP contribution < -0.4 is 11.5 Å². The lowest BCUT2D eigenvalue weighted by molar-refractivity contribution is -0.141. The van der Waals surface area contributed by atoms with E-state index in [4.69, 9.17) is 16.2 Å². The lowest BCUT2D eigenvalue weighted by atomic mass is 9.72. The van der Waals surface area contributed by atoms with E-state index < -0.39 is 5.97 Å². The Morgan fingerprint density at radius 3 is 2.02 bits per heavy atom. The Morgan fingerprint density at radius 1 is 0.952 bits per heavy atom. The number of unbranched alkanes of at least 4 members (excludes halogenated alkanes) is 2. The number of hydrogen-bond acceptors (Lipinski definition) is 6. The summed E-state index contributed by atoms with van der Waals surface area (Å²) in [6.45, 7) is 9.92. The maximum Gasteiger partial charge on any atom is 0.334 e. The van der Waals surface area contributed by atoms with Crippen molar-refractivity contribution in [1.29, 1.82) is 0 Å². The second-order valence-corrected chi connectivity index (χ2v) is 12.6. The van der Waals surface area contributed by atoms with Crippen LogP contribution in [0.4, 0.5) is 0 Å². The Balaban J connectivity index is 0.000000928. The Labute approximate surface area is 255 Å². The number of aryl methyl sites for hydroxylation is 1. The molecule has 1 aromatic carbocycles. The normalized spacial score (nSPS) is 22.8. The molecule has 0 aromatic heterocycles. The van der Waals surface area contributed by atoms with Gasteiger partial charge in [-0.1, -0.05) is 82.9 Å². The highest BCUT2D eigenvalue weighted by molar-refractivity contribution is 5.88. The topological polar surface area (TPSA) is 116 Å².